The summed E-state index contributed by atoms with van der Waals surface area (Å²) in [4.78, 5) is 38.1. The summed E-state index contributed by atoms with van der Waals surface area (Å²) >= 11 is 0. The molecular weight excluding hydrogens is 522 g/mol. The number of nitrogens with zero attached hydrogens (tertiary/aromatic N) is 5. The van der Waals surface area contributed by atoms with E-state index in [1.54, 1.807) is 19.4 Å². The zero-order valence-electron chi connectivity index (χ0n) is 23.6. The van der Waals surface area contributed by atoms with Crippen LogP contribution in [-0.2, 0) is 9.53 Å². The highest BCUT2D eigenvalue weighted by Gasteiger charge is 2.19. The van der Waals surface area contributed by atoms with Crippen LogP contribution in [0, 0.1) is 6.92 Å². The van der Waals surface area contributed by atoms with Gasteiger partial charge >= 0.3 is 0 Å². The van der Waals surface area contributed by atoms with E-state index in [1.807, 2.05) is 72.1 Å². The summed E-state index contributed by atoms with van der Waals surface area (Å²) in [6, 6.07) is 13.3. The van der Waals surface area contributed by atoms with Crippen LogP contribution in [0.1, 0.15) is 15.9 Å². The number of imidazole rings is 1. The molecule has 11 heteroatoms. The van der Waals surface area contributed by atoms with E-state index in [1.165, 1.54) is 0 Å². The van der Waals surface area contributed by atoms with Gasteiger partial charge in [-0.1, -0.05) is 0 Å². The molecule has 11 nitrogen and oxygen atoms in total. The Kier molecular flexibility index (Phi) is 8.76. The van der Waals surface area contributed by atoms with Crippen LogP contribution >= 0.6 is 0 Å². The summed E-state index contributed by atoms with van der Waals surface area (Å²) in [7, 11) is 3.69. The lowest BCUT2D eigenvalue weighted by Gasteiger charge is -2.32. The second-order valence-corrected chi connectivity index (χ2v) is 9.99. The van der Waals surface area contributed by atoms with E-state index < -0.39 is 0 Å². The number of ether oxygens (including phenoxy) is 2. The minimum atomic E-state index is -0.194. The van der Waals surface area contributed by atoms with Gasteiger partial charge in [-0.25, -0.2) is 9.97 Å². The summed E-state index contributed by atoms with van der Waals surface area (Å²) in [5.41, 5.74) is 4.80. The van der Waals surface area contributed by atoms with Crippen molar-refractivity contribution in [2.75, 3.05) is 65.4 Å². The number of carbonyl (C=O) groups is 2. The van der Waals surface area contributed by atoms with Crippen LogP contribution in [0.4, 0.5) is 11.5 Å². The van der Waals surface area contributed by atoms with Crippen LogP contribution in [0.3, 0.4) is 0 Å². The molecule has 4 aromatic rings. The third-order valence-electron chi connectivity index (χ3n) is 7.16. The molecule has 0 atom stereocenters. The second-order valence-electron chi connectivity index (χ2n) is 9.99. The summed E-state index contributed by atoms with van der Waals surface area (Å²) in [5, 5.41) is 6.20. The highest BCUT2D eigenvalue weighted by molar-refractivity contribution is 5.96. The van der Waals surface area contributed by atoms with Gasteiger partial charge < -0.3 is 29.9 Å². The fourth-order valence-electron chi connectivity index (χ4n) is 4.75. The predicted octanol–water partition coefficient (Wildman–Crippen LogP) is 2.98. The van der Waals surface area contributed by atoms with Crippen LogP contribution in [0.2, 0.25) is 0 Å². The molecule has 5 rings (SSSR count). The Labute approximate surface area is 239 Å². The van der Waals surface area contributed by atoms with Crippen molar-refractivity contribution >= 4 is 29.0 Å². The van der Waals surface area contributed by atoms with Gasteiger partial charge in [0.15, 0.2) is 11.5 Å². The van der Waals surface area contributed by atoms with E-state index >= 15 is 0 Å². The number of aromatic nitrogens is 3. The van der Waals surface area contributed by atoms with Crippen molar-refractivity contribution in [2.45, 2.75) is 6.92 Å². The first-order valence-electron chi connectivity index (χ1n) is 13.6. The maximum Gasteiger partial charge on any atom is 0.251 e. The zero-order chi connectivity index (χ0) is 28.8. The van der Waals surface area contributed by atoms with Crippen molar-refractivity contribution in [3.63, 3.8) is 0 Å². The molecule has 214 valence electrons. The first-order valence-corrected chi connectivity index (χ1v) is 13.6. The van der Waals surface area contributed by atoms with Crippen molar-refractivity contribution < 1.29 is 19.1 Å². The molecule has 2 aromatic carbocycles. The third kappa shape index (κ3) is 6.64. The van der Waals surface area contributed by atoms with Gasteiger partial charge in [0.05, 0.1) is 25.6 Å². The normalized spacial score (nSPS) is 13.8. The van der Waals surface area contributed by atoms with Gasteiger partial charge in [-0.05, 0) is 62.0 Å². The van der Waals surface area contributed by atoms with Gasteiger partial charge in [0.25, 0.3) is 5.91 Å². The fraction of sp³-hybridized carbons (Fsp3) is 0.333. The van der Waals surface area contributed by atoms with Gasteiger partial charge in [0.2, 0.25) is 5.91 Å². The van der Waals surface area contributed by atoms with Crippen LogP contribution in [-0.4, -0.2) is 96.1 Å². The molecule has 1 fully saturated rings. The summed E-state index contributed by atoms with van der Waals surface area (Å²) in [6.45, 7) is 5.68. The smallest absolute Gasteiger partial charge is 0.251 e. The average molecular weight is 558 g/mol. The number of aryl methyl sites for hydroxylation is 1. The van der Waals surface area contributed by atoms with Gasteiger partial charge in [-0.3, -0.25) is 14.0 Å². The van der Waals surface area contributed by atoms with Gasteiger partial charge in [0, 0.05) is 61.9 Å². The lowest BCUT2D eigenvalue weighted by atomic mass is 10.1. The highest BCUT2D eigenvalue weighted by atomic mass is 16.5. The third-order valence-corrected chi connectivity index (χ3v) is 7.16. The largest absolute Gasteiger partial charge is 0.497 e. The number of carbonyl (C=O) groups excluding carboxylic acids is 2. The van der Waals surface area contributed by atoms with E-state index in [2.05, 4.69) is 25.5 Å². The van der Waals surface area contributed by atoms with E-state index in [-0.39, 0.29) is 25.0 Å². The molecular formula is C30H35N7O4. The Bertz CT molecular complexity index is 1510. The maximum atomic E-state index is 12.8. The Balaban J connectivity index is 1.15. The number of piperazine rings is 1. The topological polar surface area (TPSA) is 113 Å². The van der Waals surface area contributed by atoms with Crippen LogP contribution < -0.4 is 15.4 Å². The number of rotatable bonds is 10. The van der Waals surface area contributed by atoms with Gasteiger partial charge in [0.1, 0.15) is 12.4 Å². The first kappa shape index (κ1) is 28.1. The molecule has 2 amide bonds. The molecule has 41 heavy (non-hydrogen) atoms. The summed E-state index contributed by atoms with van der Waals surface area (Å²) in [6.07, 6.45) is 5.41. The van der Waals surface area contributed by atoms with Crippen LogP contribution in [0.5, 0.6) is 5.75 Å². The predicted molar refractivity (Wildman–Crippen MR) is 157 cm³/mol. The van der Waals surface area contributed by atoms with E-state index in [4.69, 9.17) is 9.47 Å². The standard InChI is InChI=1S/C30H35N7O4/c1-21-18-23(6-9-25(21)30(39)32-11-17-41-20-27(38)36-15-13-35(2)14-16-36)34-28-29-33-19-26(37(29)12-10-31-28)22-4-7-24(40-3)8-5-22/h4-10,12,18-19H,11,13-17,20H2,1-3H3,(H,31,34)(H,32,39). The lowest BCUT2D eigenvalue weighted by molar-refractivity contribution is -0.137. The Morgan fingerprint density at radius 1 is 1.02 bits per heavy atom. The summed E-state index contributed by atoms with van der Waals surface area (Å²) < 4.78 is 12.7. The molecule has 0 radical (unpaired) electrons. The number of fused-ring (bicyclic) bond motifs is 1. The number of anilines is 2. The molecule has 2 N–H and O–H groups in total. The molecule has 0 spiro atoms. The summed E-state index contributed by atoms with van der Waals surface area (Å²) in [5.74, 6) is 1.19. The molecule has 0 bridgehead atoms. The zero-order valence-corrected chi connectivity index (χ0v) is 23.6. The number of amides is 2. The molecule has 0 aliphatic carbocycles. The Morgan fingerprint density at radius 2 is 1.80 bits per heavy atom. The number of hydrogen-bond acceptors (Lipinski definition) is 8. The van der Waals surface area contributed by atoms with Crippen molar-refractivity contribution in [2.24, 2.45) is 0 Å². The van der Waals surface area contributed by atoms with E-state index in [9.17, 15) is 9.59 Å². The van der Waals surface area contributed by atoms with E-state index in [0.29, 0.717) is 23.6 Å². The van der Waals surface area contributed by atoms with Crippen molar-refractivity contribution in [1.29, 1.82) is 0 Å². The highest BCUT2D eigenvalue weighted by Crippen LogP contribution is 2.27. The van der Waals surface area contributed by atoms with Crippen LogP contribution in [0.15, 0.2) is 61.1 Å². The SMILES string of the molecule is COc1ccc(-c2cnc3c(Nc4ccc(C(=O)NCCOCC(=O)N5CCN(C)CC5)c(C)c4)nccn23)cc1. The number of methoxy groups -OCH3 is 1. The number of benzene rings is 2. The van der Waals surface area contributed by atoms with Gasteiger partial charge in [-0.2, -0.15) is 0 Å². The first-order chi connectivity index (χ1) is 19.9. The molecule has 3 heterocycles. The van der Waals surface area contributed by atoms with E-state index in [0.717, 1.165) is 54.4 Å². The molecule has 1 aliphatic heterocycles. The Morgan fingerprint density at radius 3 is 2.54 bits per heavy atom. The molecule has 0 unspecified atom stereocenters. The molecule has 2 aromatic heterocycles. The second kappa shape index (κ2) is 12.8. The maximum absolute atomic E-state index is 12.8. The molecule has 1 aliphatic rings. The Hall–Kier alpha value is -4.48. The lowest BCUT2D eigenvalue weighted by Crippen LogP contribution is -2.48. The average Bonchev–Trinajstić information content (AvgIpc) is 3.42. The molecule has 1 saturated heterocycles. The molecule has 0 saturated carbocycles. The quantitative estimate of drug-likeness (QED) is 0.286. The minimum Gasteiger partial charge on any atom is -0.497 e. The van der Waals surface area contributed by atoms with Crippen molar-refractivity contribution in [3.8, 4) is 17.0 Å². The minimum absolute atomic E-state index is 0.0131. The number of nitrogens with one attached hydrogen (secondary N) is 2. The van der Waals surface area contributed by atoms with Gasteiger partial charge in [-0.15, -0.1) is 0 Å². The monoisotopic (exact) mass is 557 g/mol. The number of likely N-dealkylation sites (N-methyl/N-ethyl adjacent to an activating group) is 1. The fourth-order valence-corrected chi connectivity index (χ4v) is 4.75. The van der Waals surface area contributed by atoms with Crippen molar-refractivity contribution in [3.05, 3.63) is 72.2 Å². The van der Waals surface area contributed by atoms with Crippen LogP contribution in [0.25, 0.3) is 16.9 Å². The van der Waals surface area contributed by atoms with Crippen molar-refractivity contribution in [1.82, 2.24) is 29.5 Å². The number of hydrogen-bond donors (Lipinski definition) is 2.